The van der Waals surface area contributed by atoms with Crippen LogP contribution in [0.5, 0.6) is 0 Å². The summed E-state index contributed by atoms with van der Waals surface area (Å²) in [5.74, 6) is 2.21. The van der Waals surface area contributed by atoms with Crippen molar-refractivity contribution in [3.05, 3.63) is 24.4 Å². The van der Waals surface area contributed by atoms with Crippen LogP contribution in [0.4, 0.5) is 0 Å². The van der Waals surface area contributed by atoms with Gasteiger partial charge in [-0.1, -0.05) is 46.4 Å². The van der Waals surface area contributed by atoms with Crippen molar-refractivity contribution in [2.75, 3.05) is 6.54 Å². The highest BCUT2D eigenvalue weighted by Gasteiger charge is 2.31. The normalized spacial score (nSPS) is 26.4. The lowest BCUT2D eigenvalue weighted by atomic mass is 9.93. The van der Waals surface area contributed by atoms with Crippen molar-refractivity contribution in [3.63, 3.8) is 0 Å². The van der Waals surface area contributed by atoms with Gasteiger partial charge in [-0.3, -0.25) is 0 Å². The molecule has 98 valence electrons. The largest absolute Gasteiger partial charge is 0.368 e. The quantitative estimate of drug-likeness (QED) is 0.636. The Balaban J connectivity index is 2.64. The second-order valence-electron chi connectivity index (χ2n) is 6.35. The molecule has 3 atom stereocenters. The van der Waals surface area contributed by atoms with Crippen LogP contribution in [0.15, 0.2) is 24.4 Å². The minimum absolute atomic E-state index is 0.525. The molecule has 1 fully saturated rings. The third-order valence-corrected chi connectivity index (χ3v) is 4.18. The number of nitrogens with zero attached hydrogens (tertiary/aromatic N) is 1. The van der Waals surface area contributed by atoms with E-state index < -0.39 is 0 Å². The predicted octanol–water partition coefficient (Wildman–Crippen LogP) is 4.47. The average molecular weight is 235 g/mol. The highest BCUT2D eigenvalue weighted by atomic mass is 15.2. The molecule has 1 rings (SSSR count). The third kappa shape index (κ3) is 3.62. The second-order valence-corrected chi connectivity index (χ2v) is 6.35. The fraction of sp³-hybridized carbons (Fsp3) is 0.750. The molecule has 3 unspecified atom stereocenters. The Labute approximate surface area is 108 Å². The molecule has 0 N–H and O–H groups in total. The van der Waals surface area contributed by atoms with Crippen LogP contribution in [0, 0.1) is 17.8 Å². The van der Waals surface area contributed by atoms with E-state index in [9.17, 15) is 0 Å². The summed E-state index contributed by atoms with van der Waals surface area (Å²) in [7, 11) is 0. The average Bonchev–Trinajstić information content (AvgIpc) is 2.60. The van der Waals surface area contributed by atoms with Crippen molar-refractivity contribution in [1.82, 2.24) is 4.90 Å². The lowest BCUT2D eigenvalue weighted by molar-refractivity contribution is 0.303. The van der Waals surface area contributed by atoms with Gasteiger partial charge in [-0.05, 0) is 37.5 Å². The molecule has 0 spiro atoms. The smallest absolute Gasteiger partial charge is 0.0497 e. The number of allylic oxidation sites excluding steroid dienone is 1. The molecule has 0 aliphatic carbocycles. The maximum absolute atomic E-state index is 4.31. The Morgan fingerprint density at radius 2 is 1.88 bits per heavy atom. The van der Waals surface area contributed by atoms with Crippen molar-refractivity contribution in [1.29, 1.82) is 0 Å². The van der Waals surface area contributed by atoms with Crippen LogP contribution in [0.25, 0.3) is 0 Å². The highest BCUT2D eigenvalue weighted by Crippen LogP contribution is 2.32. The van der Waals surface area contributed by atoms with Crippen LogP contribution in [-0.2, 0) is 0 Å². The van der Waals surface area contributed by atoms with Crippen LogP contribution in [0.2, 0.25) is 0 Å². The lowest BCUT2D eigenvalue weighted by Crippen LogP contribution is -2.30. The molecule has 1 heterocycles. The van der Waals surface area contributed by atoms with E-state index in [-0.39, 0.29) is 0 Å². The van der Waals surface area contributed by atoms with Crippen LogP contribution < -0.4 is 0 Å². The summed E-state index contributed by atoms with van der Waals surface area (Å²) in [6.45, 7) is 21.0. The molecule has 0 radical (unpaired) electrons. The molecule has 0 aromatic rings. The van der Waals surface area contributed by atoms with E-state index in [0.29, 0.717) is 12.0 Å². The first-order chi connectivity index (χ1) is 7.82. The molecule has 0 saturated carbocycles. The Kier molecular flexibility index (Phi) is 4.85. The minimum Gasteiger partial charge on any atom is -0.368 e. The van der Waals surface area contributed by atoms with E-state index >= 15 is 0 Å². The first-order valence-electron chi connectivity index (χ1n) is 6.92. The van der Waals surface area contributed by atoms with Crippen LogP contribution in [-0.4, -0.2) is 17.5 Å². The molecule has 1 saturated heterocycles. The number of likely N-dealkylation sites (tertiary alicyclic amines) is 1. The third-order valence-electron chi connectivity index (χ3n) is 4.18. The molecule has 1 aliphatic heterocycles. The summed E-state index contributed by atoms with van der Waals surface area (Å²) in [5, 5.41) is 0. The van der Waals surface area contributed by atoms with E-state index in [1.807, 2.05) is 0 Å². The monoisotopic (exact) mass is 235 g/mol. The van der Waals surface area contributed by atoms with Crippen LogP contribution in [0.3, 0.4) is 0 Å². The summed E-state index contributed by atoms with van der Waals surface area (Å²) in [6, 6.07) is 0.525. The van der Waals surface area contributed by atoms with E-state index in [4.69, 9.17) is 0 Å². The first kappa shape index (κ1) is 14.3. The maximum Gasteiger partial charge on any atom is 0.0497 e. The molecular formula is C16H29N. The van der Waals surface area contributed by atoms with Gasteiger partial charge < -0.3 is 4.90 Å². The number of rotatable bonds is 5. The van der Waals surface area contributed by atoms with Crippen LogP contribution >= 0.6 is 0 Å². The Bertz CT molecular complexity index is 290. The van der Waals surface area contributed by atoms with Gasteiger partial charge in [0.25, 0.3) is 0 Å². The fourth-order valence-electron chi connectivity index (χ4n) is 2.59. The lowest BCUT2D eigenvalue weighted by Gasteiger charge is -2.31. The van der Waals surface area contributed by atoms with Crippen LogP contribution in [0.1, 0.15) is 47.5 Å². The van der Waals surface area contributed by atoms with Gasteiger partial charge in [0.2, 0.25) is 0 Å². The molecule has 0 aromatic carbocycles. The molecular weight excluding hydrogens is 206 g/mol. The Hall–Kier alpha value is -0.720. The summed E-state index contributed by atoms with van der Waals surface area (Å²) < 4.78 is 0. The van der Waals surface area contributed by atoms with Gasteiger partial charge in [-0.25, -0.2) is 0 Å². The van der Waals surface area contributed by atoms with Gasteiger partial charge in [-0.15, -0.1) is 0 Å². The summed E-state index contributed by atoms with van der Waals surface area (Å²) >= 11 is 0. The van der Waals surface area contributed by atoms with Crippen molar-refractivity contribution >= 4 is 0 Å². The summed E-state index contributed by atoms with van der Waals surface area (Å²) in [6.07, 6.45) is 2.36. The van der Waals surface area contributed by atoms with E-state index in [0.717, 1.165) is 24.8 Å². The van der Waals surface area contributed by atoms with Crippen molar-refractivity contribution in [2.24, 2.45) is 17.8 Å². The highest BCUT2D eigenvalue weighted by molar-refractivity contribution is 5.13. The first-order valence-corrected chi connectivity index (χ1v) is 6.92. The van der Waals surface area contributed by atoms with E-state index in [2.05, 4.69) is 52.7 Å². The molecule has 1 heteroatoms. The zero-order valence-electron chi connectivity index (χ0n) is 12.3. The number of hydrogen-bond acceptors (Lipinski definition) is 1. The standard InChI is InChI=1S/C16H29N/c1-11(2)14(6)9-15(7)17-10-13(5)8-16(17)12(3)4/h11,13-14,16H,3,7-10H2,1-2,4-6H3. The van der Waals surface area contributed by atoms with Gasteiger partial charge in [0.05, 0.1) is 0 Å². The topological polar surface area (TPSA) is 3.24 Å². The molecule has 1 nitrogen and oxygen atoms in total. The van der Waals surface area contributed by atoms with Crippen molar-refractivity contribution in [2.45, 2.75) is 53.5 Å². The molecule has 0 aromatic heterocycles. The zero-order valence-corrected chi connectivity index (χ0v) is 12.3. The summed E-state index contributed by atoms with van der Waals surface area (Å²) in [4.78, 5) is 2.49. The van der Waals surface area contributed by atoms with E-state index in [1.54, 1.807) is 0 Å². The summed E-state index contributed by atoms with van der Waals surface area (Å²) in [5.41, 5.74) is 2.59. The maximum atomic E-state index is 4.31. The Morgan fingerprint density at radius 1 is 1.29 bits per heavy atom. The molecule has 0 bridgehead atoms. The SMILES string of the molecule is C=C(C)C1CC(C)CN1C(=C)CC(C)C(C)C. The zero-order chi connectivity index (χ0) is 13.2. The van der Waals surface area contributed by atoms with Gasteiger partial charge in [0.1, 0.15) is 0 Å². The molecule has 0 amide bonds. The minimum atomic E-state index is 0.525. The molecule has 1 aliphatic rings. The van der Waals surface area contributed by atoms with Gasteiger partial charge in [-0.2, -0.15) is 0 Å². The second kappa shape index (κ2) is 5.75. The van der Waals surface area contributed by atoms with Gasteiger partial charge >= 0.3 is 0 Å². The Morgan fingerprint density at radius 3 is 2.35 bits per heavy atom. The van der Waals surface area contributed by atoms with Gasteiger partial charge in [0, 0.05) is 18.3 Å². The van der Waals surface area contributed by atoms with E-state index in [1.165, 1.54) is 17.7 Å². The fourth-order valence-corrected chi connectivity index (χ4v) is 2.59. The van der Waals surface area contributed by atoms with Crippen molar-refractivity contribution < 1.29 is 0 Å². The molecule has 17 heavy (non-hydrogen) atoms. The van der Waals surface area contributed by atoms with Gasteiger partial charge in [0.15, 0.2) is 0 Å². The number of hydrogen-bond donors (Lipinski definition) is 0. The predicted molar refractivity (Wildman–Crippen MR) is 76.8 cm³/mol. The van der Waals surface area contributed by atoms with Crippen molar-refractivity contribution in [3.8, 4) is 0 Å².